The van der Waals surface area contributed by atoms with Gasteiger partial charge in [-0.1, -0.05) is 24.6 Å². The van der Waals surface area contributed by atoms with Gasteiger partial charge in [0.2, 0.25) is 0 Å². The van der Waals surface area contributed by atoms with Crippen LogP contribution in [0.1, 0.15) is 28.8 Å². The summed E-state index contributed by atoms with van der Waals surface area (Å²) >= 11 is 7.44. The monoisotopic (exact) mass is 427 g/mol. The van der Waals surface area contributed by atoms with Gasteiger partial charge in [0.05, 0.1) is 35.2 Å². The number of nitrogens with zero attached hydrogens (tertiary/aromatic N) is 4. The van der Waals surface area contributed by atoms with E-state index in [1.54, 1.807) is 36.1 Å². The average molecular weight is 428 g/mol. The minimum absolute atomic E-state index is 0.186. The molecule has 9 heteroatoms. The Hall–Kier alpha value is -2.97. The number of H-pyrrole nitrogens is 1. The zero-order valence-electron chi connectivity index (χ0n) is 15.8. The predicted molar refractivity (Wildman–Crippen MR) is 114 cm³/mol. The molecule has 0 aliphatic rings. The smallest absolute Gasteiger partial charge is 0.268 e. The Balaban J connectivity index is 1.62. The molecule has 3 aromatic heterocycles. The molecule has 4 aromatic rings. The van der Waals surface area contributed by atoms with Gasteiger partial charge in [0.15, 0.2) is 0 Å². The first kappa shape index (κ1) is 19.4. The first-order valence-corrected chi connectivity index (χ1v) is 10.3. The molecule has 0 fully saturated rings. The lowest BCUT2D eigenvalue weighted by Gasteiger charge is -2.17. The Morgan fingerprint density at radius 2 is 2.17 bits per heavy atom. The Morgan fingerprint density at radius 3 is 2.93 bits per heavy atom. The number of carbonyl (C=O) groups excluding carboxylic acids is 1. The van der Waals surface area contributed by atoms with Crippen LogP contribution in [-0.2, 0) is 13.0 Å². The van der Waals surface area contributed by atoms with E-state index in [1.807, 2.05) is 24.4 Å². The summed E-state index contributed by atoms with van der Waals surface area (Å²) in [5.74, 6) is 0.250. The highest BCUT2D eigenvalue weighted by molar-refractivity contribution is 7.17. The van der Waals surface area contributed by atoms with Crippen molar-refractivity contribution < 1.29 is 4.79 Å². The highest BCUT2D eigenvalue weighted by Gasteiger charge is 2.21. The van der Waals surface area contributed by atoms with Crippen LogP contribution in [0.5, 0.6) is 0 Å². The maximum Gasteiger partial charge on any atom is 0.268 e. The maximum absolute atomic E-state index is 13.1. The van der Waals surface area contributed by atoms with E-state index in [0.717, 1.165) is 11.4 Å². The largest absolute Gasteiger partial charge is 0.334 e. The lowest BCUT2D eigenvalue weighted by atomic mass is 10.1. The topological polar surface area (TPSA) is 83.9 Å². The van der Waals surface area contributed by atoms with E-state index in [2.05, 4.69) is 15.1 Å². The van der Waals surface area contributed by atoms with Crippen LogP contribution in [-0.4, -0.2) is 37.6 Å². The minimum atomic E-state index is -0.191. The molecule has 0 unspecified atom stereocenters. The van der Waals surface area contributed by atoms with Crippen molar-refractivity contribution in [3.05, 3.63) is 74.4 Å². The summed E-state index contributed by atoms with van der Waals surface area (Å²) in [7, 11) is 1.68. The molecule has 3 heterocycles. The van der Waals surface area contributed by atoms with Crippen molar-refractivity contribution in [3.63, 3.8) is 0 Å². The summed E-state index contributed by atoms with van der Waals surface area (Å²) in [5.41, 5.74) is 2.54. The lowest BCUT2D eigenvalue weighted by molar-refractivity contribution is 0.0780. The van der Waals surface area contributed by atoms with Crippen molar-refractivity contribution >= 4 is 39.1 Å². The fourth-order valence-corrected chi connectivity index (χ4v) is 4.13. The van der Waals surface area contributed by atoms with E-state index < -0.39 is 0 Å². The Bertz CT molecular complexity index is 1260. The molecular weight excluding hydrogens is 410 g/mol. The zero-order chi connectivity index (χ0) is 20.5. The van der Waals surface area contributed by atoms with Gasteiger partial charge in [0, 0.05) is 12.1 Å². The normalized spacial score (nSPS) is 11.1. The second kappa shape index (κ2) is 7.81. The number of amides is 1. The summed E-state index contributed by atoms with van der Waals surface area (Å²) in [6.45, 7) is 2.16. The van der Waals surface area contributed by atoms with E-state index in [9.17, 15) is 9.59 Å². The average Bonchev–Trinajstić information content (AvgIpc) is 3.34. The molecule has 0 aliphatic heterocycles. The first-order chi connectivity index (χ1) is 14.0. The minimum Gasteiger partial charge on any atom is -0.334 e. The summed E-state index contributed by atoms with van der Waals surface area (Å²) < 4.78 is 2.31. The quantitative estimate of drug-likeness (QED) is 0.526. The van der Waals surface area contributed by atoms with Crippen molar-refractivity contribution in [2.75, 3.05) is 7.05 Å². The second-order valence-electron chi connectivity index (χ2n) is 6.56. The number of benzene rings is 1. The van der Waals surface area contributed by atoms with Crippen LogP contribution in [0.25, 0.3) is 15.9 Å². The summed E-state index contributed by atoms with van der Waals surface area (Å²) in [4.78, 5) is 33.9. The number of fused-ring (bicyclic) bond motifs is 1. The van der Waals surface area contributed by atoms with Crippen LogP contribution in [0.15, 0.2) is 46.7 Å². The summed E-state index contributed by atoms with van der Waals surface area (Å²) in [6.07, 6.45) is 2.19. The molecule has 7 nitrogen and oxygen atoms in total. The molecule has 1 N–H and O–H groups in total. The van der Waals surface area contributed by atoms with Crippen LogP contribution >= 0.6 is 22.9 Å². The molecule has 0 aliphatic carbocycles. The van der Waals surface area contributed by atoms with Gasteiger partial charge in [-0.3, -0.25) is 9.59 Å². The van der Waals surface area contributed by atoms with Gasteiger partial charge in [-0.25, -0.2) is 9.67 Å². The van der Waals surface area contributed by atoms with E-state index >= 15 is 0 Å². The molecule has 0 radical (unpaired) electrons. The van der Waals surface area contributed by atoms with Gasteiger partial charge in [0.1, 0.15) is 10.5 Å². The fourth-order valence-electron chi connectivity index (χ4n) is 3.22. The van der Waals surface area contributed by atoms with Crippen LogP contribution < -0.4 is 5.56 Å². The van der Waals surface area contributed by atoms with Crippen molar-refractivity contribution in [1.29, 1.82) is 0 Å². The standard InChI is InChI=1S/C20H18ClN5O2S/c1-3-16-14(10-22-26(16)13-6-4-5-12(21)9-13)20(28)25(2)11-17-23-15-7-8-29-18(15)19(27)24-17/h4-10H,3,11H2,1-2H3,(H,23,24,27). The number of nitrogens with one attached hydrogen (secondary N) is 1. The van der Waals surface area contributed by atoms with Crippen molar-refractivity contribution in [3.8, 4) is 5.69 Å². The van der Waals surface area contributed by atoms with E-state index in [4.69, 9.17) is 11.6 Å². The molecule has 4 rings (SSSR count). The van der Waals surface area contributed by atoms with Crippen molar-refractivity contribution in [2.45, 2.75) is 19.9 Å². The van der Waals surface area contributed by atoms with E-state index in [0.29, 0.717) is 33.0 Å². The third-order valence-corrected chi connectivity index (χ3v) is 5.72. The number of hydrogen-bond donors (Lipinski definition) is 1. The molecular formula is C20H18ClN5O2S. The Labute approximate surface area is 175 Å². The van der Waals surface area contributed by atoms with Crippen LogP contribution in [0.4, 0.5) is 0 Å². The third-order valence-electron chi connectivity index (χ3n) is 4.58. The molecule has 0 atom stereocenters. The highest BCUT2D eigenvalue weighted by Crippen LogP contribution is 2.20. The zero-order valence-corrected chi connectivity index (χ0v) is 17.4. The molecule has 0 saturated heterocycles. The third kappa shape index (κ3) is 3.68. The lowest BCUT2D eigenvalue weighted by Crippen LogP contribution is -2.28. The Kier molecular flexibility index (Phi) is 5.21. The fraction of sp³-hybridized carbons (Fsp3) is 0.200. The SMILES string of the molecule is CCc1c(C(=O)N(C)Cc2nc3ccsc3c(=O)[nH]2)cnn1-c1cccc(Cl)c1. The number of rotatable bonds is 5. The molecule has 148 valence electrons. The van der Waals surface area contributed by atoms with Gasteiger partial charge in [-0.2, -0.15) is 5.10 Å². The van der Waals surface area contributed by atoms with Crippen LogP contribution in [0.3, 0.4) is 0 Å². The molecule has 0 saturated carbocycles. The van der Waals surface area contributed by atoms with Gasteiger partial charge in [-0.05, 0) is 36.1 Å². The van der Waals surface area contributed by atoms with Crippen LogP contribution in [0.2, 0.25) is 5.02 Å². The molecule has 0 bridgehead atoms. The van der Waals surface area contributed by atoms with E-state index in [-0.39, 0.29) is 18.0 Å². The molecule has 29 heavy (non-hydrogen) atoms. The van der Waals surface area contributed by atoms with Gasteiger partial charge >= 0.3 is 0 Å². The number of halogens is 1. The first-order valence-electron chi connectivity index (χ1n) is 9.02. The van der Waals surface area contributed by atoms with Crippen molar-refractivity contribution in [2.24, 2.45) is 0 Å². The predicted octanol–water partition coefficient (Wildman–Crippen LogP) is 3.66. The van der Waals surface area contributed by atoms with Gasteiger partial charge in [-0.15, -0.1) is 11.3 Å². The summed E-state index contributed by atoms with van der Waals surface area (Å²) in [5, 5.41) is 6.82. The number of thiophene rings is 1. The number of aromatic nitrogens is 4. The van der Waals surface area contributed by atoms with Gasteiger partial charge < -0.3 is 9.88 Å². The Morgan fingerprint density at radius 1 is 1.34 bits per heavy atom. The summed E-state index contributed by atoms with van der Waals surface area (Å²) in [6, 6.07) is 9.12. The second-order valence-corrected chi connectivity index (χ2v) is 7.91. The van der Waals surface area contributed by atoms with Gasteiger partial charge in [0.25, 0.3) is 11.5 Å². The highest BCUT2D eigenvalue weighted by atomic mass is 35.5. The maximum atomic E-state index is 13.1. The molecule has 0 spiro atoms. The van der Waals surface area contributed by atoms with E-state index in [1.165, 1.54) is 16.2 Å². The molecule has 1 amide bonds. The number of aromatic amines is 1. The van der Waals surface area contributed by atoms with Crippen LogP contribution in [0, 0.1) is 0 Å². The number of carbonyl (C=O) groups is 1. The van der Waals surface area contributed by atoms with Crippen molar-refractivity contribution in [1.82, 2.24) is 24.6 Å². The number of hydrogen-bond acceptors (Lipinski definition) is 5. The molecule has 1 aromatic carbocycles.